The van der Waals surface area contributed by atoms with E-state index in [1.165, 1.54) is 0 Å². The van der Waals surface area contributed by atoms with Crippen LogP contribution in [0.1, 0.15) is 37.9 Å². The van der Waals surface area contributed by atoms with Gasteiger partial charge >= 0.3 is 6.09 Å². The summed E-state index contributed by atoms with van der Waals surface area (Å²) in [5.74, 6) is 0.663. The van der Waals surface area contributed by atoms with Gasteiger partial charge in [-0.3, -0.25) is 4.90 Å². The van der Waals surface area contributed by atoms with Gasteiger partial charge in [-0.25, -0.2) is 14.8 Å². The Morgan fingerprint density at radius 1 is 1.37 bits per heavy atom. The summed E-state index contributed by atoms with van der Waals surface area (Å²) in [5, 5.41) is 0.353. The fourth-order valence-corrected chi connectivity index (χ4v) is 2.16. The summed E-state index contributed by atoms with van der Waals surface area (Å²) >= 11 is 11.8. The van der Waals surface area contributed by atoms with Gasteiger partial charge in [0.05, 0.1) is 24.7 Å². The van der Waals surface area contributed by atoms with Crippen LogP contribution in [0.2, 0.25) is 5.15 Å². The minimum Gasteiger partial charge on any atom is -0.444 e. The standard InChI is InChI=1S/C12H15Cl2N3O2/c1-12(2,3)19-11(18)17-5-7-8(6-17)15-9(4-13)16-10(7)14/h4-6H2,1-3H3. The van der Waals surface area contributed by atoms with Crippen molar-refractivity contribution in [2.75, 3.05) is 0 Å². The predicted molar refractivity (Wildman–Crippen MR) is 72.1 cm³/mol. The molecule has 2 rings (SSSR count). The van der Waals surface area contributed by atoms with Gasteiger partial charge in [0.2, 0.25) is 0 Å². The van der Waals surface area contributed by atoms with E-state index in [0.717, 1.165) is 11.3 Å². The molecule has 1 aliphatic heterocycles. The van der Waals surface area contributed by atoms with Gasteiger partial charge in [-0.2, -0.15) is 0 Å². The molecule has 0 spiro atoms. The number of hydrogen-bond acceptors (Lipinski definition) is 4. The van der Waals surface area contributed by atoms with E-state index < -0.39 is 5.60 Å². The van der Waals surface area contributed by atoms with Crippen LogP contribution in [0.3, 0.4) is 0 Å². The molecule has 1 aromatic rings. The average Bonchev–Trinajstić information content (AvgIpc) is 2.71. The first kappa shape index (κ1) is 14.3. The van der Waals surface area contributed by atoms with Crippen molar-refractivity contribution in [1.82, 2.24) is 14.9 Å². The second-order valence-electron chi connectivity index (χ2n) is 5.33. The molecule has 0 aliphatic carbocycles. The second-order valence-corrected chi connectivity index (χ2v) is 5.95. The maximum atomic E-state index is 12.0. The Bertz CT molecular complexity index is 514. The van der Waals surface area contributed by atoms with Crippen molar-refractivity contribution in [3.63, 3.8) is 0 Å². The van der Waals surface area contributed by atoms with Crippen molar-refractivity contribution in [1.29, 1.82) is 0 Å². The fourth-order valence-electron chi connectivity index (χ4n) is 1.78. The summed E-state index contributed by atoms with van der Waals surface area (Å²) in [7, 11) is 0. The highest BCUT2D eigenvalue weighted by molar-refractivity contribution is 6.30. The Labute approximate surface area is 121 Å². The molecule has 0 atom stereocenters. The molecule has 0 saturated carbocycles. The molecule has 104 valence electrons. The van der Waals surface area contributed by atoms with E-state index >= 15 is 0 Å². The molecule has 0 bridgehead atoms. The first-order valence-corrected chi connectivity index (χ1v) is 6.79. The third-order valence-electron chi connectivity index (χ3n) is 2.55. The van der Waals surface area contributed by atoms with Crippen LogP contribution in [0.4, 0.5) is 4.79 Å². The molecule has 0 unspecified atom stereocenters. The minimum absolute atomic E-state index is 0.194. The van der Waals surface area contributed by atoms with Gasteiger partial charge in [0, 0.05) is 5.56 Å². The van der Waals surface area contributed by atoms with Crippen molar-refractivity contribution in [2.24, 2.45) is 0 Å². The van der Waals surface area contributed by atoms with Crippen molar-refractivity contribution in [3.8, 4) is 0 Å². The molecule has 0 aromatic carbocycles. The zero-order valence-corrected chi connectivity index (χ0v) is 12.5. The summed E-state index contributed by atoms with van der Waals surface area (Å²) in [5.41, 5.74) is 0.978. The third-order valence-corrected chi connectivity index (χ3v) is 3.10. The number of carbonyl (C=O) groups is 1. The fraction of sp³-hybridized carbons (Fsp3) is 0.583. The Morgan fingerprint density at radius 2 is 2.05 bits per heavy atom. The number of halogens is 2. The monoisotopic (exact) mass is 303 g/mol. The van der Waals surface area contributed by atoms with Crippen LogP contribution in [0.5, 0.6) is 0 Å². The molecule has 1 aromatic heterocycles. The van der Waals surface area contributed by atoms with Gasteiger partial charge < -0.3 is 4.74 Å². The lowest BCUT2D eigenvalue weighted by Crippen LogP contribution is -2.33. The molecule has 0 radical (unpaired) electrons. The Morgan fingerprint density at radius 3 is 2.63 bits per heavy atom. The Balaban J connectivity index is 2.16. The zero-order valence-electron chi connectivity index (χ0n) is 11.0. The van der Waals surface area contributed by atoms with Crippen molar-refractivity contribution >= 4 is 29.3 Å². The molecule has 5 nitrogen and oxygen atoms in total. The lowest BCUT2D eigenvalue weighted by molar-refractivity contribution is 0.0240. The number of fused-ring (bicyclic) bond motifs is 1. The summed E-state index contributed by atoms with van der Waals surface area (Å²) in [6, 6.07) is 0. The van der Waals surface area contributed by atoms with E-state index in [1.807, 2.05) is 20.8 Å². The molecule has 1 aliphatic rings. The maximum absolute atomic E-state index is 12.0. The highest BCUT2D eigenvalue weighted by atomic mass is 35.5. The van der Waals surface area contributed by atoms with Crippen LogP contribution in [-0.2, 0) is 23.7 Å². The maximum Gasteiger partial charge on any atom is 0.410 e. The lowest BCUT2D eigenvalue weighted by atomic mass is 10.2. The number of ether oxygens (including phenoxy) is 1. The zero-order chi connectivity index (χ0) is 14.2. The lowest BCUT2D eigenvalue weighted by Gasteiger charge is -2.23. The highest BCUT2D eigenvalue weighted by Crippen LogP contribution is 2.28. The number of nitrogens with zero attached hydrogens (tertiary/aromatic N) is 3. The molecular weight excluding hydrogens is 289 g/mol. The van der Waals surface area contributed by atoms with Gasteiger partial charge in [-0.15, -0.1) is 11.6 Å². The molecule has 19 heavy (non-hydrogen) atoms. The number of amides is 1. The van der Waals surface area contributed by atoms with Crippen molar-refractivity contribution in [3.05, 3.63) is 22.2 Å². The predicted octanol–water partition coefficient (Wildman–Crippen LogP) is 3.12. The summed E-state index contributed by atoms with van der Waals surface area (Å²) < 4.78 is 5.32. The van der Waals surface area contributed by atoms with E-state index in [9.17, 15) is 4.79 Å². The minimum atomic E-state index is -0.525. The summed E-state index contributed by atoms with van der Waals surface area (Å²) in [6.45, 7) is 6.22. The largest absolute Gasteiger partial charge is 0.444 e. The van der Waals surface area contributed by atoms with Crippen molar-refractivity contribution in [2.45, 2.75) is 45.3 Å². The van der Waals surface area contributed by atoms with Crippen LogP contribution in [0, 0.1) is 0 Å². The van der Waals surface area contributed by atoms with Gasteiger partial charge in [-0.1, -0.05) is 11.6 Å². The van der Waals surface area contributed by atoms with E-state index in [0.29, 0.717) is 24.1 Å². The smallest absolute Gasteiger partial charge is 0.410 e. The van der Waals surface area contributed by atoms with Crippen LogP contribution in [-0.4, -0.2) is 26.6 Å². The first-order chi connectivity index (χ1) is 8.80. The van der Waals surface area contributed by atoms with Gasteiger partial charge in [0.1, 0.15) is 16.6 Å². The number of alkyl halides is 1. The first-order valence-electron chi connectivity index (χ1n) is 5.88. The summed E-state index contributed by atoms with van der Waals surface area (Å²) in [4.78, 5) is 21.9. The number of carbonyl (C=O) groups excluding carboxylic acids is 1. The van der Waals surface area contributed by atoms with Gasteiger partial charge in [0.25, 0.3) is 0 Å². The molecule has 2 heterocycles. The molecule has 0 N–H and O–H groups in total. The average molecular weight is 304 g/mol. The van der Waals surface area contributed by atoms with Gasteiger partial charge in [-0.05, 0) is 20.8 Å². The molecule has 0 fully saturated rings. The second kappa shape index (κ2) is 5.13. The van der Waals surface area contributed by atoms with E-state index in [4.69, 9.17) is 27.9 Å². The number of aromatic nitrogens is 2. The molecule has 0 saturated heterocycles. The topological polar surface area (TPSA) is 55.3 Å². The quantitative estimate of drug-likeness (QED) is 0.591. The van der Waals surface area contributed by atoms with E-state index in [2.05, 4.69) is 9.97 Å². The van der Waals surface area contributed by atoms with Crippen LogP contribution in [0.25, 0.3) is 0 Å². The van der Waals surface area contributed by atoms with Crippen LogP contribution in [0.15, 0.2) is 0 Å². The van der Waals surface area contributed by atoms with Crippen LogP contribution < -0.4 is 0 Å². The third kappa shape index (κ3) is 3.28. The summed E-state index contributed by atoms with van der Waals surface area (Å²) in [6.07, 6.45) is -0.381. The molecular formula is C12H15Cl2N3O2. The van der Waals surface area contributed by atoms with Crippen molar-refractivity contribution < 1.29 is 9.53 Å². The Kier molecular flexibility index (Phi) is 3.87. The molecule has 1 amide bonds. The normalized spacial score (nSPS) is 14.5. The van der Waals surface area contributed by atoms with E-state index in [1.54, 1.807) is 4.90 Å². The van der Waals surface area contributed by atoms with Crippen LogP contribution >= 0.6 is 23.2 Å². The van der Waals surface area contributed by atoms with E-state index in [-0.39, 0.29) is 12.0 Å². The molecule has 7 heteroatoms. The number of rotatable bonds is 1. The Hall–Kier alpha value is -1.07. The van der Waals surface area contributed by atoms with Gasteiger partial charge in [0.15, 0.2) is 0 Å². The number of hydrogen-bond donors (Lipinski definition) is 0. The highest BCUT2D eigenvalue weighted by Gasteiger charge is 2.30. The SMILES string of the molecule is CC(C)(C)OC(=O)N1Cc2nc(CCl)nc(Cl)c2C1.